The summed E-state index contributed by atoms with van der Waals surface area (Å²) in [6, 6.07) is 9.00. The Morgan fingerprint density at radius 1 is 1.23 bits per heavy atom. The Balaban J connectivity index is 2.40. The normalized spacial score (nSPS) is 26.5. The van der Waals surface area contributed by atoms with E-state index in [4.69, 9.17) is 0 Å². The summed E-state index contributed by atoms with van der Waals surface area (Å²) in [6.07, 6.45) is 1.30. The highest BCUT2D eigenvalue weighted by Crippen LogP contribution is 2.38. The molecule has 1 aliphatic carbocycles. The van der Waals surface area contributed by atoms with Crippen molar-refractivity contribution in [2.24, 2.45) is 5.92 Å². The Labute approximate surface area is 82.6 Å². The second-order valence-electron chi connectivity index (χ2n) is 4.44. The van der Waals surface area contributed by atoms with E-state index in [9.17, 15) is 0 Å². The van der Waals surface area contributed by atoms with Gasteiger partial charge in [0.1, 0.15) is 0 Å². The van der Waals surface area contributed by atoms with E-state index in [0.29, 0.717) is 0 Å². The third-order valence-electron chi connectivity index (χ3n) is 3.12. The first-order valence-electron chi connectivity index (χ1n) is 5.08. The fourth-order valence-electron chi connectivity index (χ4n) is 2.67. The van der Waals surface area contributed by atoms with Crippen LogP contribution in [-0.4, -0.2) is 8.80 Å². The number of rotatable bonds is 1. The van der Waals surface area contributed by atoms with Crippen LogP contribution in [0.2, 0.25) is 13.1 Å². The molecule has 0 saturated heterocycles. The molecule has 0 spiro atoms. The van der Waals surface area contributed by atoms with Crippen LogP contribution in [-0.2, 0) is 6.42 Å². The monoisotopic (exact) mass is 189 g/mol. The van der Waals surface area contributed by atoms with Crippen LogP contribution < -0.4 is 0 Å². The Bertz CT molecular complexity index is 304. The minimum absolute atomic E-state index is 0.173. The standard InChI is InChI=1S/C12H17Si/c1-9-8-10-6-4-5-7-11(10)12(9)13(2)3/h4-7,9,12H,8H2,1-3H3. The molecule has 69 valence electrons. The second kappa shape index (κ2) is 3.30. The van der Waals surface area contributed by atoms with Crippen LogP contribution in [0.15, 0.2) is 24.3 Å². The van der Waals surface area contributed by atoms with Gasteiger partial charge in [0.25, 0.3) is 0 Å². The minimum atomic E-state index is -0.173. The van der Waals surface area contributed by atoms with Gasteiger partial charge in [-0.2, -0.15) is 0 Å². The Morgan fingerprint density at radius 3 is 2.62 bits per heavy atom. The average Bonchev–Trinajstić information content (AvgIpc) is 2.39. The Hall–Kier alpha value is -0.563. The van der Waals surface area contributed by atoms with Gasteiger partial charge in [-0.1, -0.05) is 44.3 Å². The van der Waals surface area contributed by atoms with E-state index in [1.54, 1.807) is 11.1 Å². The average molecular weight is 189 g/mol. The van der Waals surface area contributed by atoms with E-state index in [1.807, 2.05) is 0 Å². The van der Waals surface area contributed by atoms with Crippen molar-refractivity contribution in [3.63, 3.8) is 0 Å². The summed E-state index contributed by atoms with van der Waals surface area (Å²) in [5.74, 6) is 0.876. The molecule has 0 aromatic heterocycles. The molecule has 0 bridgehead atoms. The van der Waals surface area contributed by atoms with E-state index in [0.717, 1.165) is 11.5 Å². The molecule has 1 aromatic rings. The number of hydrogen-bond donors (Lipinski definition) is 0. The molecule has 0 saturated carbocycles. The molecular weight excluding hydrogens is 172 g/mol. The molecule has 2 unspecified atom stereocenters. The molecular formula is C12H17Si. The predicted octanol–water partition coefficient (Wildman–Crippen LogP) is 3.26. The zero-order valence-electron chi connectivity index (χ0n) is 8.67. The maximum absolute atomic E-state index is 2.44. The van der Waals surface area contributed by atoms with Crippen LogP contribution in [0.3, 0.4) is 0 Å². The highest BCUT2D eigenvalue weighted by Gasteiger charge is 2.31. The quantitative estimate of drug-likeness (QED) is 0.595. The lowest BCUT2D eigenvalue weighted by molar-refractivity contribution is 0.599. The fourth-order valence-corrected chi connectivity index (χ4v) is 4.83. The highest BCUT2D eigenvalue weighted by molar-refractivity contribution is 6.57. The molecule has 0 fully saturated rings. The first-order chi connectivity index (χ1) is 6.20. The van der Waals surface area contributed by atoms with Crippen LogP contribution in [0.25, 0.3) is 0 Å². The molecule has 2 rings (SSSR count). The Morgan fingerprint density at radius 2 is 1.92 bits per heavy atom. The van der Waals surface area contributed by atoms with Crippen molar-refractivity contribution in [1.82, 2.24) is 0 Å². The molecule has 0 nitrogen and oxygen atoms in total. The van der Waals surface area contributed by atoms with Crippen molar-refractivity contribution < 1.29 is 0 Å². The van der Waals surface area contributed by atoms with E-state index in [1.165, 1.54) is 6.42 Å². The van der Waals surface area contributed by atoms with Crippen molar-refractivity contribution in [1.29, 1.82) is 0 Å². The smallest absolute Gasteiger partial charge is 0.0501 e. The maximum atomic E-state index is 2.44. The van der Waals surface area contributed by atoms with Gasteiger partial charge in [0, 0.05) is 0 Å². The van der Waals surface area contributed by atoms with E-state index >= 15 is 0 Å². The highest BCUT2D eigenvalue weighted by atomic mass is 28.3. The van der Waals surface area contributed by atoms with Crippen molar-refractivity contribution in [3.05, 3.63) is 35.4 Å². The van der Waals surface area contributed by atoms with Gasteiger partial charge in [0.05, 0.1) is 8.80 Å². The fraction of sp³-hybridized carbons (Fsp3) is 0.500. The van der Waals surface area contributed by atoms with Gasteiger partial charge in [-0.05, 0) is 29.0 Å². The lowest BCUT2D eigenvalue weighted by Gasteiger charge is -2.19. The van der Waals surface area contributed by atoms with Gasteiger partial charge in [-0.3, -0.25) is 0 Å². The van der Waals surface area contributed by atoms with Gasteiger partial charge >= 0.3 is 0 Å². The number of benzene rings is 1. The molecule has 1 aliphatic rings. The topological polar surface area (TPSA) is 0 Å². The number of hydrogen-bond acceptors (Lipinski definition) is 0. The van der Waals surface area contributed by atoms with E-state index in [2.05, 4.69) is 44.3 Å². The SMILES string of the molecule is CC1Cc2ccccc2C1[Si](C)C. The Kier molecular flexibility index (Phi) is 2.29. The number of fused-ring (bicyclic) bond motifs is 1. The molecule has 2 atom stereocenters. The van der Waals surface area contributed by atoms with E-state index < -0.39 is 0 Å². The van der Waals surface area contributed by atoms with Crippen LogP contribution in [0.4, 0.5) is 0 Å². The van der Waals surface area contributed by atoms with Gasteiger partial charge in [0.15, 0.2) is 0 Å². The molecule has 1 radical (unpaired) electrons. The maximum Gasteiger partial charge on any atom is 0.0501 e. The first kappa shape index (κ1) is 9.01. The summed E-state index contributed by atoms with van der Waals surface area (Å²) < 4.78 is 0. The van der Waals surface area contributed by atoms with Crippen molar-refractivity contribution in [2.75, 3.05) is 0 Å². The minimum Gasteiger partial charge on any atom is -0.0708 e. The second-order valence-corrected chi connectivity index (χ2v) is 7.21. The third-order valence-corrected chi connectivity index (χ3v) is 5.25. The van der Waals surface area contributed by atoms with Crippen molar-refractivity contribution >= 4 is 8.80 Å². The van der Waals surface area contributed by atoms with Gasteiger partial charge in [-0.25, -0.2) is 0 Å². The zero-order chi connectivity index (χ0) is 9.42. The molecule has 13 heavy (non-hydrogen) atoms. The predicted molar refractivity (Wildman–Crippen MR) is 59.5 cm³/mol. The van der Waals surface area contributed by atoms with Crippen LogP contribution in [0.1, 0.15) is 23.6 Å². The molecule has 0 N–H and O–H groups in total. The lowest BCUT2D eigenvalue weighted by atomic mass is 10.1. The van der Waals surface area contributed by atoms with Crippen LogP contribution in [0, 0.1) is 5.92 Å². The van der Waals surface area contributed by atoms with Gasteiger partial charge in [0.2, 0.25) is 0 Å². The summed E-state index contributed by atoms with van der Waals surface area (Å²) in [7, 11) is -0.173. The van der Waals surface area contributed by atoms with Crippen molar-refractivity contribution in [3.8, 4) is 0 Å². The molecule has 0 heterocycles. The summed E-state index contributed by atoms with van der Waals surface area (Å²) in [5, 5.41) is 0. The summed E-state index contributed by atoms with van der Waals surface area (Å²) in [5.41, 5.74) is 4.14. The summed E-state index contributed by atoms with van der Waals surface area (Å²) >= 11 is 0. The van der Waals surface area contributed by atoms with Crippen molar-refractivity contribution in [2.45, 2.75) is 32.0 Å². The van der Waals surface area contributed by atoms with E-state index in [-0.39, 0.29) is 8.80 Å². The van der Waals surface area contributed by atoms with Crippen LogP contribution in [0.5, 0.6) is 0 Å². The van der Waals surface area contributed by atoms with Gasteiger partial charge in [-0.15, -0.1) is 0 Å². The molecule has 0 amide bonds. The third kappa shape index (κ3) is 1.46. The molecule has 1 heteroatoms. The summed E-state index contributed by atoms with van der Waals surface area (Å²) in [6.45, 7) is 7.28. The first-order valence-corrected chi connectivity index (χ1v) is 7.65. The molecule has 0 aliphatic heterocycles. The largest absolute Gasteiger partial charge is 0.0708 e. The van der Waals surface area contributed by atoms with Gasteiger partial charge < -0.3 is 0 Å². The zero-order valence-corrected chi connectivity index (χ0v) is 9.67. The molecule has 1 aromatic carbocycles. The van der Waals surface area contributed by atoms with Crippen LogP contribution >= 0.6 is 0 Å². The summed E-state index contributed by atoms with van der Waals surface area (Å²) in [4.78, 5) is 0. The lowest BCUT2D eigenvalue weighted by Crippen LogP contribution is -2.19.